The number of nitrogens with one attached hydrogen (secondary N) is 2. The molecule has 0 fully saturated rings. The largest absolute Gasteiger partial charge is 0.357 e. The number of benzene rings is 1. The Kier molecular flexibility index (Phi) is 10.2. The quantitative estimate of drug-likeness (QED) is 0.421. The average molecular weight is 463 g/mol. The summed E-state index contributed by atoms with van der Waals surface area (Å²) in [6.45, 7) is 4.05. The molecule has 1 heterocycles. The van der Waals surface area contributed by atoms with Crippen LogP contribution in [-0.2, 0) is 20.8 Å². The minimum absolute atomic E-state index is 0.219. The summed E-state index contributed by atoms with van der Waals surface area (Å²) >= 11 is 3.17. The van der Waals surface area contributed by atoms with Crippen molar-refractivity contribution in [1.82, 2.24) is 10.6 Å². The van der Waals surface area contributed by atoms with Crippen LogP contribution in [0.25, 0.3) is 0 Å². The van der Waals surface area contributed by atoms with Crippen LogP contribution >= 0.6 is 23.1 Å². The van der Waals surface area contributed by atoms with Gasteiger partial charge in [0.2, 0.25) is 11.8 Å². The molecule has 0 aliphatic rings. The Morgan fingerprint density at radius 2 is 1.74 bits per heavy atom. The summed E-state index contributed by atoms with van der Waals surface area (Å²) in [6.07, 6.45) is 0.933. The molecule has 0 aliphatic heterocycles. The number of thiophene rings is 1. The summed E-state index contributed by atoms with van der Waals surface area (Å²) in [7, 11) is 1.55. The molecule has 31 heavy (non-hydrogen) atoms. The maximum absolute atomic E-state index is 13.3. The van der Waals surface area contributed by atoms with E-state index >= 15 is 0 Å². The molecular weight excluding hydrogens is 430 g/mol. The number of carbonyl (C=O) groups is 3. The van der Waals surface area contributed by atoms with Gasteiger partial charge in [0.15, 0.2) is 0 Å². The van der Waals surface area contributed by atoms with Crippen molar-refractivity contribution in [2.45, 2.75) is 36.9 Å². The fourth-order valence-electron chi connectivity index (χ4n) is 3.42. The minimum atomic E-state index is -0.708. The second kappa shape index (κ2) is 12.6. The van der Waals surface area contributed by atoms with Crippen LogP contribution in [0, 0.1) is 17.8 Å². The number of thioether (sulfide) groups is 1. The van der Waals surface area contributed by atoms with Crippen molar-refractivity contribution in [2.24, 2.45) is 17.8 Å². The van der Waals surface area contributed by atoms with Crippen LogP contribution in [0.4, 0.5) is 0 Å². The van der Waals surface area contributed by atoms with E-state index in [0.717, 1.165) is 9.77 Å². The molecule has 168 valence electrons. The predicted molar refractivity (Wildman–Crippen MR) is 126 cm³/mol. The summed E-state index contributed by atoms with van der Waals surface area (Å²) in [5, 5.41) is 7.53. The molecule has 0 bridgehead atoms. The first-order chi connectivity index (χ1) is 14.8. The highest BCUT2D eigenvalue weighted by Crippen LogP contribution is 2.30. The van der Waals surface area contributed by atoms with Gasteiger partial charge in [0.1, 0.15) is 6.04 Å². The van der Waals surface area contributed by atoms with E-state index in [0.29, 0.717) is 18.6 Å². The van der Waals surface area contributed by atoms with E-state index in [2.05, 4.69) is 16.4 Å². The minimum Gasteiger partial charge on any atom is -0.357 e. The molecule has 0 saturated carbocycles. The summed E-state index contributed by atoms with van der Waals surface area (Å²) in [4.78, 5) is 38.2. The van der Waals surface area contributed by atoms with Crippen molar-refractivity contribution in [1.29, 1.82) is 0 Å². The molecule has 3 atom stereocenters. The van der Waals surface area contributed by atoms with Gasteiger partial charge < -0.3 is 10.6 Å². The normalized spacial score (nSPS) is 14.0. The van der Waals surface area contributed by atoms with Crippen molar-refractivity contribution >= 4 is 40.8 Å². The number of rotatable bonds is 12. The monoisotopic (exact) mass is 462 g/mol. The van der Waals surface area contributed by atoms with Crippen LogP contribution in [0.1, 0.15) is 25.8 Å². The first-order valence-electron chi connectivity index (χ1n) is 10.4. The highest BCUT2D eigenvalue weighted by atomic mass is 32.2. The number of quaternary nitrogens is 1. The lowest BCUT2D eigenvalue weighted by atomic mass is 9.84. The molecule has 6 nitrogen and oxygen atoms in total. The third-order valence-corrected chi connectivity index (χ3v) is 7.27. The van der Waals surface area contributed by atoms with Crippen LogP contribution in [0.15, 0.2) is 52.1 Å². The van der Waals surface area contributed by atoms with Crippen molar-refractivity contribution in [3.05, 3.63) is 53.4 Å². The second-order valence-electron chi connectivity index (χ2n) is 7.92. The van der Waals surface area contributed by atoms with E-state index in [1.807, 2.05) is 61.7 Å². The molecule has 3 amide bonds. The Bertz CT molecular complexity index is 841. The first kappa shape index (κ1) is 25.1. The molecule has 5 N–H and O–H groups in total. The fraction of sp³-hybridized carbons (Fsp3) is 0.435. The summed E-state index contributed by atoms with van der Waals surface area (Å²) in [5.74, 6) is -1.13. The molecule has 8 heteroatoms. The molecule has 1 aromatic carbocycles. The first-order valence-corrected chi connectivity index (χ1v) is 12.3. The highest BCUT2D eigenvalue weighted by Gasteiger charge is 2.36. The maximum Gasteiger partial charge on any atom is 0.313 e. The van der Waals surface area contributed by atoms with E-state index in [4.69, 9.17) is 0 Å². The van der Waals surface area contributed by atoms with Crippen molar-refractivity contribution in [3.8, 4) is 0 Å². The third-order valence-electron chi connectivity index (χ3n) is 5.02. The Morgan fingerprint density at radius 1 is 1.03 bits per heavy atom. The van der Waals surface area contributed by atoms with Crippen molar-refractivity contribution < 1.29 is 20.1 Å². The smallest absolute Gasteiger partial charge is 0.313 e. The van der Waals surface area contributed by atoms with E-state index in [-0.39, 0.29) is 23.6 Å². The summed E-state index contributed by atoms with van der Waals surface area (Å²) < 4.78 is 1.10. The van der Waals surface area contributed by atoms with Crippen molar-refractivity contribution in [2.75, 3.05) is 12.8 Å². The standard InChI is InChI=1S/C23H31N3O3S2/c1-15(2)12-17(18(21(24)27)14-31-20-10-7-11-30-20)22(28)26-19(23(29)25-3)13-16-8-5-4-6-9-16/h4-11,15,17-19H,12-14H2,1-3H3,(H2,24,27)(H,25,29)(H,26,28)/p+1/t17-,18+,19+/m1/s1. The molecule has 0 unspecified atom stereocenters. The number of hydrogen-bond acceptors (Lipinski definition) is 5. The Hall–Kier alpha value is -2.16. The van der Waals surface area contributed by atoms with Gasteiger partial charge >= 0.3 is 5.91 Å². The lowest BCUT2D eigenvalue weighted by Gasteiger charge is -2.26. The lowest BCUT2D eigenvalue weighted by Crippen LogP contribution is -2.63. The van der Waals surface area contributed by atoms with Gasteiger partial charge in [0.25, 0.3) is 0 Å². The molecule has 0 radical (unpaired) electrons. The van der Waals surface area contributed by atoms with E-state index < -0.39 is 17.9 Å². The average Bonchev–Trinajstić information content (AvgIpc) is 3.25. The van der Waals surface area contributed by atoms with Gasteiger partial charge in [0.05, 0.1) is 16.0 Å². The van der Waals surface area contributed by atoms with Gasteiger partial charge in [-0.2, -0.15) is 0 Å². The van der Waals surface area contributed by atoms with E-state index in [9.17, 15) is 14.4 Å². The lowest BCUT2D eigenvalue weighted by molar-refractivity contribution is -0.312. The van der Waals surface area contributed by atoms with Gasteiger partial charge in [-0.15, -0.1) is 23.1 Å². The van der Waals surface area contributed by atoms with Gasteiger partial charge in [-0.3, -0.25) is 15.3 Å². The van der Waals surface area contributed by atoms with Gasteiger partial charge in [0, 0.05) is 19.2 Å². The van der Waals surface area contributed by atoms with Gasteiger partial charge in [-0.1, -0.05) is 50.2 Å². The molecular formula is C23H32N3O3S2+. The number of amides is 3. The number of likely N-dealkylation sites (N-methyl/N-ethyl adjacent to an activating group) is 1. The molecule has 0 saturated heterocycles. The zero-order valence-electron chi connectivity index (χ0n) is 18.3. The predicted octanol–water partition coefficient (Wildman–Crippen LogP) is 2.36. The van der Waals surface area contributed by atoms with Crippen LogP contribution in [-0.4, -0.2) is 36.6 Å². The zero-order valence-corrected chi connectivity index (χ0v) is 19.9. The summed E-state index contributed by atoms with van der Waals surface area (Å²) in [6, 6.07) is 12.8. The third kappa shape index (κ3) is 8.12. The van der Waals surface area contributed by atoms with Gasteiger partial charge in [-0.05, 0) is 29.3 Å². The molecule has 2 rings (SSSR count). The van der Waals surface area contributed by atoms with Crippen LogP contribution in [0.2, 0.25) is 0 Å². The fourth-order valence-corrected chi connectivity index (χ4v) is 5.45. The maximum atomic E-state index is 13.3. The number of carbonyl (C=O) groups excluding carboxylic acids is 3. The van der Waals surface area contributed by atoms with Crippen molar-refractivity contribution in [3.63, 3.8) is 0 Å². The summed E-state index contributed by atoms with van der Waals surface area (Å²) in [5.41, 5.74) is 4.59. The van der Waals surface area contributed by atoms with Crippen LogP contribution < -0.4 is 16.4 Å². The van der Waals surface area contributed by atoms with Crippen LogP contribution in [0.5, 0.6) is 0 Å². The Morgan fingerprint density at radius 3 is 2.29 bits per heavy atom. The topological polar surface area (TPSA) is 103 Å². The molecule has 0 spiro atoms. The van der Waals surface area contributed by atoms with E-state index in [1.54, 1.807) is 30.1 Å². The number of hydrogen-bond donors (Lipinski definition) is 3. The van der Waals surface area contributed by atoms with Crippen LogP contribution in [0.3, 0.4) is 0 Å². The van der Waals surface area contributed by atoms with E-state index in [1.165, 1.54) is 0 Å². The Balaban J connectivity index is 2.19. The SMILES string of the molecule is CNC(=O)[C@H](Cc1ccccc1)NC(=O)[C@H](CC(C)C)[C@H](CSc1cccs1)C([NH3+])=O. The second-order valence-corrected chi connectivity index (χ2v) is 10.2. The molecule has 2 aromatic rings. The molecule has 1 aromatic heterocycles. The Labute approximate surface area is 192 Å². The molecule has 0 aliphatic carbocycles. The zero-order chi connectivity index (χ0) is 22.8. The van der Waals surface area contributed by atoms with Gasteiger partial charge in [-0.25, -0.2) is 4.79 Å². The highest BCUT2D eigenvalue weighted by molar-refractivity contribution is 8.01.